The van der Waals surface area contributed by atoms with Crippen LogP contribution in [-0.4, -0.2) is 96.5 Å². The molecule has 0 unspecified atom stereocenters. The molecule has 0 spiro atoms. The van der Waals surface area contributed by atoms with Gasteiger partial charge in [0.05, 0.1) is 42.5 Å². The first-order chi connectivity index (χ1) is 22.2. The van der Waals surface area contributed by atoms with Gasteiger partial charge in [0.1, 0.15) is 11.5 Å². The van der Waals surface area contributed by atoms with Gasteiger partial charge in [0.25, 0.3) is 11.8 Å². The normalized spacial score (nSPS) is 13.4. The number of piperazine rings is 1. The molecule has 3 amide bonds. The number of H-pyrrole nitrogens is 1. The number of anilines is 2. The van der Waals surface area contributed by atoms with Crippen molar-refractivity contribution >= 4 is 40.3 Å². The summed E-state index contributed by atoms with van der Waals surface area (Å²) in [6.45, 7) is 5.91. The van der Waals surface area contributed by atoms with E-state index in [0.717, 1.165) is 51.0 Å². The number of carbonyl (C=O) groups excluding carboxylic acids is 3. The number of hydrogen-bond donors (Lipinski definition) is 2. The van der Waals surface area contributed by atoms with Crippen LogP contribution < -0.4 is 19.7 Å². The molecule has 0 bridgehead atoms. The van der Waals surface area contributed by atoms with E-state index in [1.165, 1.54) is 19.6 Å². The van der Waals surface area contributed by atoms with Crippen molar-refractivity contribution in [2.24, 2.45) is 0 Å². The molecule has 2 N–H and O–H groups in total. The second kappa shape index (κ2) is 14.9. The first-order valence-corrected chi connectivity index (χ1v) is 15.5. The number of hydrogen-bond acceptors (Lipinski definition) is 8. The van der Waals surface area contributed by atoms with Crippen LogP contribution in [0.25, 0.3) is 11.2 Å². The average Bonchev–Trinajstić information content (AvgIpc) is 3.55. The summed E-state index contributed by atoms with van der Waals surface area (Å²) in [6, 6.07) is 12.2. The molecule has 12 nitrogen and oxygen atoms in total. The van der Waals surface area contributed by atoms with Gasteiger partial charge < -0.3 is 34.5 Å². The van der Waals surface area contributed by atoms with Gasteiger partial charge in [0.15, 0.2) is 5.65 Å². The number of ether oxygens (including phenoxy) is 2. The second-order valence-corrected chi connectivity index (χ2v) is 11.5. The van der Waals surface area contributed by atoms with Crippen LogP contribution in [0.4, 0.5) is 11.4 Å². The topological polar surface area (TPSA) is 133 Å². The third kappa shape index (κ3) is 7.63. The standard InChI is InChI=1S/C34H41N7O5/c1-23-9-12-27(29(20-23)46-19-7-5-6-8-30(42)41-17-15-39(2)16-18-41)40(3)34(44)24-10-11-26(28(21-24)45-4)38-33(43)25-13-14-35-32-31(25)36-22-37-32/h9-14,20-22H,5-8,15-19H2,1-4H3,(H,38,43)(H,35,36,37). The van der Waals surface area contributed by atoms with Crippen LogP contribution in [0.3, 0.4) is 0 Å². The molecule has 3 heterocycles. The van der Waals surface area contributed by atoms with Gasteiger partial charge in [0, 0.05) is 51.4 Å². The third-order valence-electron chi connectivity index (χ3n) is 8.20. The summed E-state index contributed by atoms with van der Waals surface area (Å²) in [4.78, 5) is 56.1. The number of pyridine rings is 1. The van der Waals surface area contributed by atoms with Gasteiger partial charge in [-0.3, -0.25) is 14.4 Å². The Bertz CT molecular complexity index is 1700. The van der Waals surface area contributed by atoms with Crippen LogP contribution in [-0.2, 0) is 4.79 Å². The largest absolute Gasteiger partial charge is 0.495 e. The smallest absolute Gasteiger partial charge is 0.258 e. The van der Waals surface area contributed by atoms with Gasteiger partial charge in [-0.05, 0) is 75.2 Å². The van der Waals surface area contributed by atoms with Gasteiger partial charge >= 0.3 is 0 Å². The van der Waals surface area contributed by atoms with Crippen molar-refractivity contribution in [2.75, 3.05) is 64.2 Å². The van der Waals surface area contributed by atoms with Crippen LogP contribution in [0.1, 0.15) is 52.0 Å². The Balaban J connectivity index is 1.18. The Hall–Kier alpha value is -4.97. The summed E-state index contributed by atoms with van der Waals surface area (Å²) in [5, 5.41) is 2.86. The highest BCUT2D eigenvalue weighted by molar-refractivity contribution is 6.12. The summed E-state index contributed by atoms with van der Waals surface area (Å²) in [7, 11) is 5.26. The van der Waals surface area contributed by atoms with Crippen molar-refractivity contribution in [3.05, 3.63) is 71.7 Å². The van der Waals surface area contributed by atoms with E-state index in [4.69, 9.17) is 9.47 Å². The molecule has 0 atom stereocenters. The highest BCUT2D eigenvalue weighted by Crippen LogP contribution is 2.32. The Labute approximate surface area is 268 Å². The van der Waals surface area contributed by atoms with E-state index >= 15 is 0 Å². The van der Waals surface area contributed by atoms with E-state index in [-0.39, 0.29) is 17.7 Å². The Morgan fingerprint density at radius 2 is 1.78 bits per heavy atom. The number of nitrogens with zero attached hydrogens (tertiary/aromatic N) is 5. The van der Waals surface area contributed by atoms with Gasteiger partial charge in [-0.15, -0.1) is 0 Å². The van der Waals surface area contributed by atoms with Crippen LogP contribution in [0.5, 0.6) is 11.5 Å². The maximum Gasteiger partial charge on any atom is 0.258 e. The number of amides is 3. The summed E-state index contributed by atoms with van der Waals surface area (Å²) < 4.78 is 11.7. The maximum atomic E-state index is 13.6. The van der Waals surface area contributed by atoms with Crippen molar-refractivity contribution in [2.45, 2.75) is 32.6 Å². The van der Waals surface area contributed by atoms with Gasteiger partial charge in [-0.1, -0.05) is 6.07 Å². The number of methoxy groups -OCH3 is 1. The summed E-state index contributed by atoms with van der Waals surface area (Å²) in [5.74, 6) is 0.554. The second-order valence-electron chi connectivity index (χ2n) is 11.5. The molecule has 2 aromatic carbocycles. The monoisotopic (exact) mass is 627 g/mol. The molecule has 1 fully saturated rings. The lowest BCUT2D eigenvalue weighted by Gasteiger charge is -2.32. The lowest BCUT2D eigenvalue weighted by molar-refractivity contribution is -0.132. The SMILES string of the molecule is COc1cc(C(=O)N(C)c2ccc(C)cc2OCCCCCC(=O)N2CCN(C)CC2)ccc1NC(=O)c1ccnc2nc[nH]c12. The number of aryl methyl sites for hydroxylation is 1. The van der Waals surface area contributed by atoms with E-state index in [1.807, 2.05) is 30.0 Å². The number of rotatable bonds is 12. The minimum absolute atomic E-state index is 0.228. The first kappa shape index (κ1) is 32.4. The minimum atomic E-state index is -0.366. The molecule has 1 saturated heterocycles. The Kier molecular flexibility index (Phi) is 10.5. The van der Waals surface area contributed by atoms with Crippen LogP contribution >= 0.6 is 0 Å². The van der Waals surface area contributed by atoms with Crippen molar-refractivity contribution in [1.82, 2.24) is 24.8 Å². The summed E-state index contributed by atoms with van der Waals surface area (Å²) in [5.41, 5.74) is 3.81. The van der Waals surface area contributed by atoms with Crippen LogP contribution in [0, 0.1) is 6.92 Å². The average molecular weight is 628 g/mol. The third-order valence-corrected chi connectivity index (χ3v) is 8.20. The Morgan fingerprint density at radius 1 is 0.978 bits per heavy atom. The zero-order chi connectivity index (χ0) is 32.6. The zero-order valence-electron chi connectivity index (χ0n) is 26.8. The number of carbonyl (C=O) groups is 3. The van der Waals surface area contributed by atoms with Crippen LogP contribution in [0.15, 0.2) is 55.0 Å². The molecular formula is C34H41N7O5. The molecule has 46 heavy (non-hydrogen) atoms. The molecule has 12 heteroatoms. The van der Waals surface area contributed by atoms with E-state index in [9.17, 15) is 14.4 Å². The number of aromatic amines is 1. The lowest BCUT2D eigenvalue weighted by atomic mass is 10.1. The predicted molar refractivity (Wildman–Crippen MR) is 177 cm³/mol. The number of fused-ring (bicyclic) bond motifs is 1. The van der Waals surface area contributed by atoms with Crippen molar-refractivity contribution in [3.63, 3.8) is 0 Å². The number of nitrogens with one attached hydrogen (secondary N) is 2. The molecule has 1 aliphatic rings. The van der Waals surface area contributed by atoms with Crippen molar-refractivity contribution < 1.29 is 23.9 Å². The number of unbranched alkanes of at least 4 members (excludes halogenated alkanes) is 2. The fraction of sp³-hybridized carbons (Fsp3) is 0.382. The maximum absolute atomic E-state index is 13.6. The van der Waals surface area contributed by atoms with Gasteiger partial charge in [-0.2, -0.15) is 0 Å². The van der Waals surface area contributed by atoms with Gasteiger partial charge in [0.2, 0.25) is 5.91 Å². The predicted octanol–water partition coefficient (Wildman–Crippen LogP) is 4.52. The van der Waals surface area contributed by atoms with Crippen molar-refractivity contribution in [1.29, 1.82) is 0 Å². The first-order valence-electron chi connectivity index (χ1n) is 15.5. The van der Waals surface area contributed by atoms with Crippen LogP contribution in [0.2, 0.25) is 0 Å². The number of aromatic nitrogens is 3. The molecule has 0 radical (unpaired) electrons. The van der Waals surface area contributed by atoms with E-state index in [1.54, 1.807) is 36.2 Å². The molecular weight excluding hydrogens is 586 g/mol. The zero-order valence-corrected chi connectivity index (χ0v) is 26.8. The quantitative estimate of drug-likeness (QED) is 0.219. The summed E-state index contributed by atoms with van der Waals surface area (Å²) in [6.07, 6.45) is 6.07. The van der Waals surface area contributed by atoms with Crippen molar-refractivity contribution in [3.8, 4) is 11.5 Å². The van der Waals surface area contributed by atoms with Gasteiger partial charge in [-0.25, -0.2) is 9.97 Å². The number of likely N-dealkylation sites (N-methyl/N-ethyl adjacent to an activating group) is 1. The minimum Gasteiger partial charge on any atom is -0.495 e. The van der Waals surface area contributed by atoms with E-state index < -0.39 is 0 Å². The fourth-order valence-electron chi connectivity index (χ4n) is 5.42. The highest BCUT2D eigenvalue weighted by Gasteiger charge is 2.21. The van der Waals surface area contributed by atoms with E-state index in [0.29, 0.717) is 58.2 Å². The molecule has 5 rings (SSSR count). The molecule has 0 aliphatic carbocycles. The Morgan fingerprint density at radius 3 is 2.57 bits per heavy atom. The number of imidazole rings is 1. The fourth-order valence-corrected chi connectivity index (χ4v) is 5.42. The highest BCUT2D eigenvalue weighted by atomic mass is 16.5. The molecule has 2 aromatic heterocycles. The molecule has 4 aromatic rings. The van der Waals surface area contributed by atoms with E-state index in [2.05, 4.69) is 32.2 Å². The molecule has 1 aliphatic heterocycles. The summed E-state index contributed by atoms with van der Waals surface area (Å²) >= 11 is 0. The molecule has 0 saturated carbocycles. The lowest BCUT2D eigenvalue weighted by Crippen LogP contribution is -2.47. The number of benzene rings is 2. The molecule has 242 valence electrons.